The number of nitrogens with one attached hydrogen (secondary N) is 10. The van der Waals surface area contributed by atoms with Crippen LogP contribution < -0.4 is 65.1 Å². The average Bonchev–Trinajstić information content (AvgIpc) is 1.75. The molecule has 3 heterocycles. The lowest BCUT2D eigenvalue weighted by molar-refractivity contribution is -0.142. The van der Waals surface area contributed by atoms with E-state index in [2.05, 4.69) is 57.8 Å². The molecule has 4 aromatic carbocycles. The highest BCUT2D eigenvalue weighted by molar-refractivity contribution is 6.00. The van der Waals surface area contributed by atoms with Gasteiger partial charge < -0.3 is 85.1 Å². The highest BCUT2D eigenvalue weighted by Crippen LogP contribution is 2.23. The summed E-state index contributed by atoms with van der Waals surface area (Å²) in [5, 5.41) is 45.7. The summed E-state index contributed by atoms with van der Waals surface area (Å²) in [6.45, 7) is 2.34. The SMILES string of the molecule is CC(C)C[C@H](NC(=O)[C@H](NC(=O)[C@H](Cc1ccc(O)cc1)NC(=O)[C@H](CO)NC(=O)[C@H](Cc1c[nH]c2ccccc12)NC(=O)[C@@H](Cc1ccccc1)NC(=O)[C@@H]1CCC(=O)N1)c1ccccc1)C(=O)N[C@@H](CCCN=C(N)N)C(=O)N1CCC[C@H]1C(=O)NCC(N)=O. The second-order valence-electron chi connectivity index (χ2n) is 23.1. The van der Waals surface area contributed by atoms with E-state index in [1.165, 1.54) is 29.2 Å². The third-order valence-electron chi connectivity index (χ3n) is 15.6. The van der Waals surface area contributed by atoms with Crippen LogP contribution in [0.5, 0.6) is 5.75 Å². The van der Waals surface area contributed by atoms with E-state index in [0.29, 0.717) is 34.0 Å². The summed E-state index contributed by atoms with van der Waals surface area (Å²) in [4.78, 5) is 161. The van der Waals surface area contributed by atoms with Crippen LogP contribution in [0.2, 0.25) is 0 Å². The Kier molecular flexibility index (Phi) is 25.1. The first-order valence-corrected chi connectivity index (χ1v) is 30.4. The number of aromatic nitrogens is 1. The number of para-hydroxylation sites is 1. The summed E-state index contributed by atoms with van der Waals surface area (Å²) in [7, 11) is 0. The number of primary amides is 1. The number of aromatic hydroxyl groups is 1. The molecular formula is C64H81N15O13. The Morgan fingerprint density at radius 3 is 1.83 bits per heavy atom. The molecule has 28 heteroatoms. The molecule has 5 aromatic rings. The summed E-state index contributed by atoms with van der Waals surface area (Å²) in [6, 6.07) is 17.5. The van der Waals surface area contributed by atoms with E-state index in [1.54, 1.807) is 98.9 Å². The van der Waals surface area contributed by atoms with Crippen LogP contribution in [0.1, 0.15) is 87.1 Å². The van der Waals surface area contributed by atoms with Gasteiger partial charge in [0.05, 0.1) is 13.2 Å². The van der Waals surface area contributed by atoms with E-state index >= 15 is 0 Å². The van der Waals surface area contributed by atoms with Crippen molar-refractivity contribution in [2.45, 2.75) is 132 Å². The molecule has 92 heavy (non-hydrogen) atoms. The highest BCUT2D eigenvalue weighted by atomic mass is 16.3. The van der Waals surface area contributed by atoms with Crippen LogP contribution in [-0.4, -0.2) is 166 Å². The van der Waals surface area contributed by atoms with Gasteiger partial charge in [-0.15, -0.1) is 0 Å². The standard InChI is InChI=1S/C64H81N15O13/c1-36(2)29-46(56(85)72-45(19-11-27-68-64(66)67)63(92)79-28-12-20-51(79)61(90)70-34-52(65)82)76-62(91)54(39-15-7-4-8-16-39)78-59(88)48(31-38-21-23-41(81)24-22-38)74-60(89)50(35-80)77-58(87)49(32-40-33-69-43-18-10-9-17-42(40)43)75-57(86)47(30-37-13-5-3-6-14-37)73-55(84)44-25-26-53(83)71-44/h3-10,13-18,21-24,33,36,44-51,54,69,80-81H,11-12,19-20,25-32,34-35H2,1-2H3,(H2,65,82)(H,70,90)(H,71,83)(H,72,85)(H,73,84)(H,74,89)(H,75,86)(H,76,91)(H,77,87)(H,78,88)(H4,66,67,68)/t44-,45-,46-,47+,48-,49-,50-,51-,54+/m0/s1. The molecule has 490 valence electrons. The van der Waals surface area contributed by atoms with E-state index in [0.717, 1.165) is 0 Å². The molecule has 2 aliphatic heterocycles. The fourth-order valence-corrected chi connectivity index (χ4v) is 10.9. The van der Waals surface area contributed by atoms with E-state index in [1.807, 2.05) is 6.07 Å². The predicted octanol–water partition coefficient (Wildman–Crippen LogP) is -1.37. The number of carbonyl (C=O) groups is 11. The van der Waals surface area contributed by atoms with Crippen molar-refractivity contribution in [3.8, 4) is 5.75 Å². The number of aliphatic imine (C=N–C) groups is 1. The summed E-state index contributed by atoms with van der Waals surface area (Å²) in [5.41, 5.74) is 18.9. The Morgan fingerprint density at radius 1 is 0.630 bits per heavy atom. The van der Waals surface area contributed by atoms with Crippen LogP contribution in [0.15, 0.2) is 120 Å². The molecule has 2 saturated heterocycles. The lowest BCUT2D eigenvalue weighted by atomic mass is 9.99. The van der Waals surface area contributed by atoms with Gasteiger partial charge in [0.1, 0.15) is 60.1 Å². The maximum Gasteiger partial charge on any atom is 0.247 e. The van der Waals surface area contributed by atoms with Gasteiger partial charge in [0.2, 0.25) is 65.0 Å². The minimum absolute atomic E-state index is 0.00374. The van der Waals surface area contributed by atoms with Crippen LogP contribution in [0.25, 0.3) is 10.9 Å². The first-order valence-electron chi connectivity index (χ1n) is 30.4. The number of phenolic OH excluding ortho intramolecular Hbond substituents is 1. The first kappa shape index (κ1) is 69.1. The van der Waals surface area contributed by atoms with Gasteiger partial charge in [-0.1, -0.05) is 105 Å². The van der Waals surface area contributed by atoms with Crippen LogP contribution in [0.4, 0.5) is 0 Å². The number of guanidine groups is 1. The first-order chi connectivity index (χ1) is 44.1. The van der Waals surface area contributed by atoms with E-state index < -0.39 is 127 Å². The number of benzene rings is 4. The lowest BCUT2D eigenvalue weighted by Crippen LogP contribution is -2.60. The highest BCUT2D eigenvalue weighted by Gasteiger charge is 2.40. The maximum atomic E-state index is 14.9. The van der Waals surface area contributed by atoms with Crippen LogP contribution >= 0.6 is 0 Å². The van der Waals surface area contributed by atoms with Gasteiger partial charge >= 0.3 is 0 Å². The summed E-state index contributed by atoms with van der Waals surface area (Å²) >= 11 is 0. The number of fused-ring (bicyclic) bond motifs is 1. The zero-order valence-electron chi connectivity index (χ0n) is 51.2. The summed E-state index contributed by atoms with van der Waals surface area (Å²) in [6.07, 6.45) is 2.42. The fraction of sp³-hybridized carbons (Fsp3) is 0.406. The molecule has 9 atom stereocenters. The van der Waals surface area contributed by atoms with Crippen LogP contribution in [0.3, 0.4) is 0 Å². The monoisotopic (exact) mass is 1270 g/mol. The van der Waals surface area contributed by atoms with Crippen molar-refractivity contribution in [3.05, 3.63) is 138 Å². The van der Waals surface area contributed by atoms with Gasteiger partial charge in [-0.3, -0.25) is 57.7 Å². The molecule has 1 aromatic heterocycles. The number of nitrogens with two attached hydrogens (primary N) is 3. The largest absolute Gasteiger partial charge is 0.508 e. The Hall–Kier alpha value is -10.4. The van der Waals surface area contributed by atoms with Gasteiger partial charge in [0, 0.05) is 55.9 Å². The normalized spacial score (nSPS) is 16.7. The minimum atomic E-state index is -1.79. The number of likely N-dealkylation sites (tertiary alicyclic amines) is 1. The summed E-state index contributed by atoms with van der Waals surface area (Å²) in [5.74, 6) is -8.95. The number of aromatic amines is 1. The number of hydrogen-bond donors (Lipinski definition) is 15. The molecule has 0 unspecified atom stereocenters. The molecule has 0 saturated carbocycles. The smallest absolute Gasteiger partial charge is 0.247 e. The van der Waals surface area contributed by atoms with Gasteiger partial charge in [-0.25, -0.2) is 0 Å². The van der Waals surface area contributed by atoms with Gasteiger partial charge in [0.25, 0.3) is 0 Å². The van der Waals surface area contributed by atoms with Gasteiger partial charge in [-0.2, -0.15) is 0 Å². The number of carbonyl (C=O) groups excluding carboxylic acids is 11. The molecule has 7 rings (SSSR count). The molecule has 28 nitrogen and oxygen atoms in total. The molecule has 0 bridgehead atoms. The van der Waals surface area contributed by atoms with Crippen molar-refractivity contribution in [3.63, 3.8) is 0 Å². The molecule has 11 amide bonds. The molecule has 0 radical (unpaired) electrons. The van der Waals surface area contributed by atoms with Crippen molar-refractivity contribution in [1.29, 1.82) is 0 Å². The second kappa shape index (κ2) is 33.4. The quantitative estimate of drug-likeness (QED) is 0.0134. The van der Waals surface area contributed by atoms with E-state index in [4.69, 9.17) is 17.2 Å². The number of phenols is 1. The maximum absolute atomic E-state index is 14.9. The molecule has 0 spiro atoms. The van der Waals surface area contributed by atoms with Crippen molar-refractivity contribution < 1.29 is 63.0 Å². The van der Waals surface area contributed by atoms with Crippen molar-refractivity contribution in [1.82, 2.24) is 57.7 Å². The Bertz CT molecular complexity index is 3450. The Morgan fingerprint density at radius 2 is 1.20 bits per heavy atom. The zero-order chi connectivity index (χ0) is 66.4. The Labute approximate surface area is 530 Å². The third-order valence-corrected chi connectivity index (χ3v) is 15.6. The van der Waals surface area contributed by atoms with Crippen molar-refractivity contribution in [2.24, 2.45) is 28.1 Å². The van der Waals surface area contributed by atoms with Crippen molar-refractivity contribution >= 4 is 81.8 Å². The van der Waals surface area contributed by atoms with E-state index in [9.17, 15) is 63.0 Å². The minimum Gasteiger partial charge on any atom is -0.508 e. The van der Waals surface area contributed by atoms with Crippen LogP contribution in [0, 0.1) is 5.92 Å². The zero-order valence-corrected chi connectivity index (χ0v) is 51.2. The van der Waals surface area contributed by atoms with Crippen molar-refractivity contribution in [2.75, 3.05) is 26.2 Å². The number of rotatable bonds is 32. The fourth-order valence-electron chi connectivity index (χ4n) is 10.9. The predicted molar refractivity (Wildman–Crippen MR) is 337 cm³/mol. The lowest BCUT2D eigenvalue weighted by Gasteiger charge is -2.30. The van der Waals surface area contributed by atoms with Gasteiger partial charge in [-0.05, 0) is 84.9 Å². The second-order valence-corrected chi connectivity index (χ2v) is 23.1. The molecular weight excluding hydrogens is 1190 g/mol. The topological polar surface area (TPSA) is 446 Å². The third kappa shape index (κ3) is 20.1. The molecule has 2 aliphatic rings. The number of hydrogen-bond acceptors (Lipinski definition) is 14. The Balaban J connectivity index is 1.13. The number of amides is 11. The molecule has 2 fully saturated rings. The summed E-state index contributed by atoms with van der Waals surface area (Å²) < 4.78 is 0. The average molecular weight is 1270 g/mol. The number of H-pyrrole nitrogens is 1. The molecule has 0 aliphatic carbocycles. The van der Waals surface area contributed by atoms with Crippen LogP contribution in [-0.2, 0) is 72.0 Å². The van der Waals surface area contributed by atoms with E-state index in [-0.39, 0.29) is 100.0 Å². The number of aliphatic hydroxyl groups is 1. The number of aliphatic hydroxyl groups excluding tert-OH is 1. The van der Waals surface area contributed by atoms with Gasteiger partial charge in [0.15, 0.2) is 5.96 Å². The number of nitrogens with zero attached hydrogens (tertiary/aromatic N) is 2. The molecule has 18 N–H and O–H groups in total.